The highest BCUT2D eigenvalue weighted by Crippen LogP contribution is 2.39. The number of carbonyl (C=O) groups excluding carboxylic acids is 2. The Balaban J connectivity index is 2.33. The van der Waals surface area contributed by atoms with Crippen molar-refractivity contribution in [2.45, 2.75) is 104 Å². The van der Waals surface area contributed by atoms with Gasteiger partial charge in [-0.2, -0.15) is 0 Å². The summed E-state index contributed by atoms with van der Waals surface area (Å²) in [5, 5.41) is 3.22. The van der Waals surface area contributed by atoms with Gasteiger partial charge in [0.1, 0.15) is 11.8 Å². The van der Waals surface area contributed by atoms with Crippen LogP contribution in [0.4, 0.5) is 15.8 Å². The maximum atomic E-state index is 14.6. The fraction of sp³-hybridized carbons (Fsp3) is 0.516. The smallest absolute Gasteiger partial charge is 0.269 e. The summed E-state index contributed by atoms with van der Waals surface area (Å²) in [6, 6.07) is 6.19. The van der Waals surface area contributed by atoms with E-state index in [1.165, 1.54) is 18.2 Å². The summed E-state index contributed by atoms with van der Waals surface area (Å²) in [7, 11) is -4.67. The molecular formula is C31H46ClFN4O4Si2. The number of nitrogens with zero attached hydrogens (tertiary/aromatic N) is 1. The average Bonchev–Trinajstić information content (AvgIpc) is 2.87. The first-order valence-corrected chi connectivity index (χ1v) is 20.4. The van der Waals surface area contributed by atoms with Crippen LogP contribution in [0, 0.1) is 19.3 Å². The molecular weight excluding hydrogens is 603 g/mol. The van der Waals surface area contributed by atoms with Crippen LogP contribution in [0.5, 0.6) is 5.75 Å². The summed E-state index contributed by atoms with van der Waals surface area (Å²) >= 11 is 6.40. The number of halogens is 2. The van der Waals surface area contributed by atoms with Crippen LogP contribution in [0.25, 0.3) is 4.85 Å². The molecule has 0 fully saturated rings. The van der Waals surface area contributed by atoms with Crippen molar-refractivity contribution in [3.05, 3.63) is 63.7 Å². The largest absolute Gasteiger partial charge is 0.542 e. The lowest BCUT2D eigenvalue weighted by Crippen LogP contribution is -2.55. The van der Waals surface area contributed by atoms with Crippen LogP contribution in [-0.4, -0.2) is 40.6 Å². The zero-order chi connectivity index (χ0) is 33.1. The van der Waals surface area contributed by atoms with Gasteiger partial charge in [0.05, 0.1) is 17.7 Å². The van der Waals surface area contributed by atoms with Crippen LogP contribution >= 0.6 is 11.6 Å². The predicted octanol–water partition coefficient (Wildman–Crippen LogP) is 8.37. The van der Waals surface area contributed by atoms with Crippen molar-refractivity contribution in [2.24, 2.45) is 0 Å². The van der Waals surface area contributed by atoms with E-state index in [-0.39, 0.29) is 26.4 Å². The molecule has 0 aliphatic rings. The van der Waals surface area contributed by atoms with E-state index in [4.69, 9.17) is 27.0 Å². The first kappa shape index (κ1) is 36.3. The molecule has 236 valence electrons. The minimum absolute atomic E-state index is 0.00304. The molecule has 2 atom stereocenters. The molecule has 0 spiro atoms. The van der Waals surface area contributed by atoms with Gasteiger partial charge in [-0.1, -0.05) is 59.2 Å². The molecule has 12 heteroatoms. The normalized spacial score (nSPS) is 13.9. The summed E-state index contributed by atoms with van der Waals surface area (Å²) in [6.07, 6.45) is -0.605. The van der Waals surface area contributed by atoms with Gasteiger partial charge >= 0.3 is 0 Å². The van der Waals surface area contributed by atoms with E-state index in [1.54, 1.807) is 26.0 Å². The Labute approximate surface area is 263 Å². The Hall–Kier alpha value is -2.92. The van der Waals surface area contributed by atoms with Gasteiger partial charge in [-0.3, -0.25) is 20.4 Å². The zero-order valence-electron chi connectivity index (χ0n) is 27.4. The summed E-state index contributed by atoms with van der Waals surface area (Å²) < 4.78 is 27.3. The van der Waals surface area contributed by atoms with Crippen LogP contribution in [0.3, 0.4) is 0 Å². The lowest BCUT2D eigenvalue weighted by Gasteiger charge is -2.40. The average molecular weight is 649 g/mol. The van der Waals surface area contributed by atoms with Crippen molar-refractivity contribution in [1.82, 2.24) is 10.9 Å². The van der Waals surface area contributed by atoms with E-state index in [1.807, 2.05) is 33.9 Å². The van der Waals surface area contributed by atoms with E-state index in [2.05, 4.69) is 54.9 Å². The monoisotopic (exact) mass is 648 g/mol. The zero-order valence-corrected chi connectivity index (χ0v) is 30.1. The Morgan fingerprint density at radius 2 is 1.56 bits per heavy atom. The van der Waals surface area contributed by atoms with Gasteiger partial charge < -0.3 is 14.2 Å². The lowest BCUT2D eigenvalue weighted by molar-refractivity contribution is -0.124. The molecule has 0 saturated carbocycles. The molecule has 0 aliphatic heterocycles. The maximum absolute atomic E-state index is 14.6. The van der Waals surface area contributed by atoms with Gasteiger partial charge in [-0.15, -0.1) is 0 Å². The van der Waals surface area contributed by atoms with Crippen LogP contribution in [-0.2, 0) is 9.22 Å². The van der Waals surface area contributed by atoms with E-state index >= 15 is 0 Å². The number of hydrogen-bond acceptors (Lipinski definition) is 5. The van der Waals surface area contributed by atoms with E-state index < -0.39 is 46.4 Å². The molecule has 0 aromatic heterocycles. The fourth-order valence-corrected chi connectivity index (χ4v) is 6.24. The van der Waals surface area contributed by atoms with Gasteiger partial charge in [-0.05, 0) is 79.9 Å². The molecule has 0 aliphatic carbocycles. The van der Waals surface area contributed by atoms with E-state index in [0.717, 1.165) is 0 Å². The van der Waals surface area contributed by atoms with Gasteiger partial charge in [0.25, 0.3) is 20.1 Å². The molecule has 3 N–H and O–H groups in total. The number of amides is 2. The molecule has 1 unspecified atom stereocenters. The van der Waals surface area contributed by atoms with Crippen LogP contribution in [0.1, 0.15) is 64.4 Å². The number of hydrazine groups is 1. The maximum Gasteiger partial charge on any atom is 0.269 e. The number of rotatable bonds is 9. The minimum atomic E-state index is -2.37. The fourth-order valence-electron chi connectivity index (χ4n) is 3.61. The second-order valence-electron chi connectivity index (χ2n) is 13.8. The van der Waals surface area contributed by atoms with Crippen molar-refractivity contribution < 1.29 is 22.8 Å². The molecule has 0 heterocycles. The van der Waals surface area contributed by atoms with Crippen LogP contribution in [0.15, 0.2) is 30.3 Å². The van der Waals surface area contributed by atoms with E-state index in [0.29, 0.717) is 16.9 Å². The highest BCUT2D eigenvalue weighted by atomic mass is 35.5. The molecule has 2 rings (SSSR count). The van der Waals surface area contributed by atoms with Gasteiger partial charge in [0, 0.05) is 11.3 Å². The molecule has 2 aromatic carbocycles. The van der Waals surface area contributed by atoms with Crippen molar-refractivity contribution in [1.29, 1.82) is 0 Å². The highest BCUT2D eigenvalue weighted by molar-refractivity contribution is 6.75. The van der Waals surface area contributed by atoms with Gasteiger partial charge in [0.2, 0.25) is 5.69 Å². The quantitative estimate of drug-likeness (QED) is 0.144. The molecule has 8 nitrogen and oxygen atoms in total. The molecule has 2 aromatic rings. The third kappa shape index (κ3) is 8.82. The third-order valence-electron chi connectivity index (χ3n) is 8.50. The number of carbonyl (C=O) groups is 2. The van der Waals surface area contributed by atoms with Crippen LogP contribution < -0.4 is 20.6 Å². The van der Waals surface area contributed by atoms with E-state index in [9.17, 15) is 14.0 Å². The van der Waals surface area contributed by atoms with Crippen molar-refractivity contribution in [3.63, 3.8) is 0 Å². The molecule has 2 amide bonds. The number of hydrogen-bond donors (Lipinski definition) is 3. The Bertz CT molecular complexity index is 1400. The first-order chi connectivity index (χ1) is 19.5. The lowest BCUT2D eigenvalue weighted by atomic mass is 10.1. The number of benzene rings is 2. The van der Waals surface area contributed by atoms with Crippen molar-refractivity contribution >= 4 is 51.4 Å². The number of anilines is 1. The van der Waals surface area contributed by atoms with Crippen molar-refractivity contribution in [2.75, 3.05) is 5.32 Å². The second-order valence-corrected chi connectivity index (χ2v) is 23.7. The third-order valence-corrected chi connectivity index (χ3v) is 17.9. The highest BCUT2D eigenvalue weighted by Gasteiger charge is 2.41. The second kappa shape index (κ2) is 13.4. The predicted molar refractivity (Wildman–Crippen MR) is 177 cm³/mol. The first-order valence-electron chi connectivity index (χ1n) is 14.2. The topological polar surface area (TPSA) is 93.1 Å². The SMILES string of the molecule is [C-]#[N+]c1ccc(NC(C(=O)NNC(=O)c2ccc(F)c(O[Si](C)(C)C(C)(C)C)c2)[C@@H](C)O[Si](C)(C)C(C)(C)C)c(C)c1Cl. The van der Waals surface area contributed by atoms with Crippen LogP contribution in [0.2, 0.25) is 41.3 Å². The minimum Gasteiger partial charge on any atom is -0.542 e. The Morgan fingerprint density at radius 3 is 2.09 bits per heavy atom. The van der Waals surface area contributed by atoms with Gasteiger partial charge in [-0.25, -0.2) is 9.24 Å². The summed E-state index contributed by atoms with van der Waals surface area (Å²) in [6.45, 7) is 31.5. The molecule has 43 heavy (non-hydrogen) atoms. The van der Waals surface area contributed by atoms with Gasteiger partial charge in [0.15, 0.2) is 14.1 Å². The molecule has 0 bridgehead atoms. The molecule has 0 radical (unpaired) electrons. The van der Waals surface area contributed by atoms with Crippen molar-refractivity contribution in [3.8, 4) is 5.75 Å². The number of nitrogens with one attached hydrogen (secondary N) is 3. The summed E-state index contributed by atoms with van der Waals surface area (Å²) in [5.74, 6) is -1.75. The Kier molecular flexibility index (Phi) is 11.3. The summed E-state index contributed by atoms with van der Waals surface area (Å²) in [4.78, 5) is 30.1. The Morgan fingerprint density at radius 1 is 0.977 bits per heavy atom. The molecule has 0 saturated heterocycles. The summed E-state index contributed by atoms with van der Waals surface area (Å²) in [5.41, 5.74) is 6.54. The standard InChI is InChI=1S/C31H46ClFN4O4Si2/c1-19-23(16-17-24(34-9)26(19)32)35-27(20(2)40-42(10,11)30(3,4)5)29(39)37-36-28(38)21-14-15-22(33)25(18-21)41-43(12,13)31(6,7)8/h14-18,20,27,35H,1-8,10-13H3,(H,36,38)(H,37,39)/t20-,27?/m1/s1.